The maximum atomic E-state index is 10.7. The van der Waals surface area contributed by atoms with Crippen molar-refractivity contribution in [2.45, 2.75) is 101 Å². The largest absolute Gasteiger partial charge is 0.346 e. The van der Waals surface area contributed by atoms with Crippen LogP contribution in [0.5, 0.6) is 0 Å². The van der Waals surface area contributed by atoms with E-state index in [1.165, 1.54) is 5.01 Å². The molecule has 3 N–H and O–H groups in total. The van der Waals surface area contributed by atoms with E-state index in [1.807, 2.05) is 45.9 Å². The molecule has 0 bridgehead atoms. The van der Waals surface area contributed by atoms with Gasteiger partial charge in [-0.15, -0.1) is 10.2 Å². The van der Waals surface area contributed by atoms with Crippen molar-refractivity contribution < 1.29 is 0 Å². The van der Waals surface area contributed by atoms with Crippen LogP contribution in [0.3, 0.4) is 0 Å². The first-order valence-electron chi connectivity index (χ1n) is 22.2. The maximum absolute atomic E-state index is 10.7. The summed E-state index contributed by atoms with van der Waals surface area (Å²) < 4.78 is 7.46. The molecule has 1 unspecified atom stereocenters. The number of hydrogen-bond acceptors (Lipinski definition) is 13. The van der Waals surface area contributed by atoms with Gasteiger partial charge in [-0.25, -0.2) is 29.8 Å². The molecule has 1 aliphatic heterocycles. The lowest BCUT2D eigenvalue weighted by Crippen LogP contribution is -2.32. The van der Waals surface area contributed by atoms with Crippen LogP contribution in [0.4, 0.5) is 5.82 Å². The number of allylic oxidation sites excluding steroid dienone is 3. The van der Waals surface area contributed by atoms with Crippen molar-refractivity contribution >= 4 is 63.4 Å². The molecule has 0 saturated heterocycles. The zero-order valence-electron chi connectivity index (χ0n) is 35.3. The Bertz CT molecular complexity index is 3170. The number of hydrogen-bond donors (Lipinski definition) is 2. The van der Waals surface area contributed by atoms with E-state index in [1.54, 1.807) is 28.0 Å². The molecule has 0 radical (unpaired) electrons. The highest BCUT2D eigenvalue weighted by Crippen LogP contribution is 2.45. The third kappa shape index (κ3) is 6.37. The molecule has 0 spiro atoms. The van der Waals surface area contributed by atoms with Crippen LogP contribution in [-0.2, 0) is 0 Å². The molecule has 0 amide bonds. The number of nitrogens with two attached hydrogens (primary N) is 1. The van der Waals surface area contributed by atoms with Gasteiger partial charge in [-0.3, -0.25) is 14.6 Å². The summed E-state index contributed by atoms with van der Waals surface area (Å²) in [6.07, 6.45) is 21.8. The van der Waals surface area contributed by atoms with Gasteiger partial charge in [0.1, 0.15) is 64.9 Å². The number of nitrogens with zero attached hydrogens (tertiary/aromatic N) is 16. The Labute approximate surface area is 367 Å². The minimum atomic E-state index is -0.404. The molecule has 18 heteroatoms. The van der Waals surface area contributed by atoms with Gasteiger partial charge in [-0.2, -0.15) is 15.8 Å². The van der Waals surface area contributed by atoms with Gasteiger partial charge in [0.2, 0.25) is 0 Å². The Morgan fingerprint density at radius 2 is 1.52 bits per heavy atom. The number of hydrazine groups is 1. The number of aliphatic imine (C=N–C) groups is 2. The molecule has 8 heterocycles. The minimum Gasteiger partial charge on any atom is -0.346 e. The van der Waals surface area contributed by atoms with Gasteiger partial charge in [0.05, 0.1) is 34.9 Å². The molecule has 3 saturated carbocycles. The molecule has 320 valence electrons. The van der Waals surface area contributed by atoms with Crippen molar-refractivity contribution in [3.8, 4) is 18.2 Å². The van der Waals surface area contributed by atoms with Gasteiger partial charge in [0.15, 0.2) is 0 Å². The number of rotatable bonds is 8. The van der Waals surface area contributed by atoms with E-state index in [0.717, 1.165) is 150 Å². The van der Waals surface area contributed by atoms with Gasteiger partial charge < -0.3 is 9.55 Å². The Kier molecular flexibility index (Phi) is 9.85. The third-order valence-electron chi connectivity index (χ3n) is 14.5. The molecule has 64 heavy (non-hydrogen) atoms. The normalized spacial score (nSPS) is 23.8. The van der Waals surface area contributed by atoms with Crippen molar-refractivity contribution in [2.75, 3.05) is 0 Å². The van der Waals surface area contributed by atoms with Crippen molar-refractivity contribution in [1.29, 1.82) is 15.8 Å². The first-order chi connectivity index (χ1) is 31.5. The standard InChI is InChI=1S/C46H46N18/c1-51-38(41-33-15-19-52-44(33)53-24-62(41)50)30-10-6-28(7-11-30)36(22-48)60-21-17-35-43-40(57-59-64(43)26-55-46(35)60)32-12-8-29(9-13-32)37(23-49)61-20-16-34-42-39(56-58-63(42)25-54-45(34)61)31-4-2-27(3-5-31)14-18-47/h15-17,19-21,24-28,30-32,36,52H,1-14,50H2/b37-29?,41-38-/t27-,28-,30-,31+,32?,36?. The Morgan fingerprint density at radius 3 is 2.19 bits per heavy atom. The summed E-state index contributed by atoms with van der Waals surface area (Å²) in [6.45, 7) is 3.92. The van der Waals surface area contributed by atoms with Crippen LogP contribution in [0.25, 0.3) is 44.5 Å². The van der Waals surface area contributed by atoms with Gasteiger partial charge in [-0.1, -0.05) is 10.4 Å². The second-order valence-electron chi connectivity index (χ2n) is 17.8. The van der Waals surface area contributed by atoms with E-state index in [9.17, 15) is 15.8 Å². The fourth-order valence-electron chi connectivity index (χ4n) is 11.3. The van der Waals surface area contributed by atoms with Crippen LogP contribution in [0, 0.1) is 51.7 Å². The zero-order chi connectivity index (χ0) is 43.5. The average molecular weight is 851 g/mol. The van der Waals surface area contributed by atoms with E-state index in [-0.39, 0.29) is 23.7 Å². The number of H-pyrrole nitrogens is 1. The van der Waals surface area contributed by atoms with Crippen LogP contribution < -0.4 is 5.84 Å². The number of nitrogens with one attached hydrogen (secondary N) is 1. The quantitative estimate of drug-likeness (QED) is 0.0847. The molecule has 11 rings (SSSR count). The molecular weight excluding hydrogens is 805 g/mol. The summed E-state index contributed by atoms with van der Waals surface area (Å²) >= 11 is 0. The predicted octanol–water partition coefficient (Wildman–Crippen LogP) is 7.87. The van der Waals surface area contributed by atoms with Crippen LogP contribution in [-0.4, -0.2) is 71.8 Å². The monoisotopic (exact) mass is 850 g/mol. The summed E-state index contributed by atoms with van der Waals surface area (Å²) in [5.74, 6) is 8.24. The zero-order valence-corrected chi connectivity index (χ0v) is 35.3. The molecule has 7 aromatic heterocycles. The average Bonchev–Trinajstić information content (AvgIpc) is 4.19. The molecule has 0 aromatic carbocycles. The molecule has 18 nitrogen and oxygen atoms in total. The summed E-state index contributed by atoms with van der Waals surface area (Å²) in [7, 11) is 0. The highest BCUT2D eigenvalue weighted by Gasteiger charge is 2.35. The van der Waals surface area contributed by atoms with Gasteiger partial charge in [0, 0.05) is 59.1 Å². The topological polar surface area (TPSA) is 237 Å². The smallest absolute Gasteiger partial charge is 0.149 e. The van der Waals surface area contributed by atoms with E-state index >= 15 is 0 Å². The van der Waals surface area contributed by atoms with Gasteiger partial charge >= 0.3 is 0 Å². The van der Waals surface area contributed by atoms with Crippen molar-refractivity contribution in [3.05, 3.63) is 77.7 Å². The molecular formula is C46H46N18. The molecule has 1 atom stereocenters. The molecule has 3 aliphatic carbocycles. The summed E-state index contributed by atoms with van der Waals surface area (Å²) in [6, 6.07) is 13.1. The number of fused-ring (bicyclic) bond motifs is 7. The second-order valence-corrected chi connectivity index (χ2v) is 17.8. The first-order valence-corrected chi connectivity index (χ1v) is 22.2. The molecule has 4 aliphatic rings. The lowest BCUT2D eigenvalue weighted by molar-refractivity contribution is 0.253. The highest BCUT2D eigenvalue weighted by molar-refractivity contribution is 5.96. The number of nitriles is 3. The maximum Gasteiger partial charge on any atom is 0.149 e. The number of aromatic amines is 1. The predicted molar refractivity (Wildman–Crippen MR) is 239 cm³/mol. The second kappa shape index (κ2) is 16.0. The first kappa shape index (κ1) is 39.4. The summed E-state index contributed by atoms with van der Waals surface area (Å²) in [5, 5.41) is 52.1. The van der Waals surface area contributed by atoms with E-state index in [2.05, 4.69) is 55.4 Å². The van der Waals surface area contributed by atoms with Crippen molar-refractivity contribution in [1.82, 2.24) is 58.7 Å². The van der Waals surface area contributed by atoms with Gasteiger partial charge in [0.25, 0.3) is 0 Å². The lowest BCUT2D eigenvalue weighted by Gasteiger charge is -2.33. The molecule has 7 aromatic rings. The van der Waals surface area contributed by atoms with E-state index < -0.39 is 6.04 Å². The molecule has 3 fully saturated rings. The van der Waals surface area contributed by atoms with Crippen molar-refractivity contribution in [2.24, 2.45) is 33.6 Å². The van der Waals surface area contributed by atoms with Crippen LogP contribution in [0.15, 0.2) is 70.7 Å². The van der Waals surface area contributed by atoms with Gasteiger partial charge in [-0.05, 0) is 119 Å². The lowest BCUT2D eigenvalue weighted by atomic mass is 9.77. The highest BCUT2D eigenvalue weighted by atomic mass is 15.4. The fraction of sp³-hybridized carbons (Fsp3) is 0.413. The fourth-order valence-corrected chi connectivity index (χ4v) is 11.3. The minimum absolute atomic E-state index is 0.120. The Balaban J connectivity index is 0.822. The van der Waals surface area contributed by atoms with Crippen LogP contribution >= 0.6 is 0 Å². The Hall–Kier alpha value is -7.49. The third-order valence-corrected chi connectivity index (χ3v) is 14.5. The Morgan fingerprint density at radius 1 is 0.844 bits per heavy atom. The SMILES string of the molecule is C=N/C(=C1/c2cc[nH]c2N=CN1N)[C@H]1CC[C@H](C(C#N)n2ccc3c2ncn2nnc(C4CCC(=C(C#N)n5ccc6c5ncn5nnc([C@H]7CC[C@@H](CC#N)CC7)c65)CC4)c32)CC1. The van der Waals surface area contributed by atoms with Crippen LogP contribution in [0.1, 0.15) is 118 Å². The number of aromatic nitrogens is 11. The van der Waals surface area contributed by atoms with E-state index in [4.69, 9.17) is 20.9 Å². The van der Waals surface area contributed by atoms with Crippen molar-refractivity contribution in [3.63, 3.8) is 0 Å². The summed E-state index contributed by atoms with van der Waals surface area (Å²) in [4.78, 5) is 21.6. The van der Waals surface area contributed by atoms with E-state index in [0.29, 0.717) is 18.0 Å². The summed E-state index contributed by atoms with van der Waals surface area (Å²) in [5.41, 5.74) is 9.48. The van der Waals surface area contributed by atoms with Crippen LogP contribution in [0.2, 0.25) is 0 Å².